The van der Waals surface area contributed by atoms with Crippen molar-refractivity contribution in [1.29, 1.82) is 0 Å². The molecule has 0 saturated carbocycles. The maximum Gasteiger partial charge on any atom is 0.118 e. The van der Waals surface area contributed by atoms with Gasteiger partial charge in [0.15, 0.2) is 0 Å². The Balaban J connectivity index is 2.34. The summed E-state index contributed by atoms with van der Waals surface area (Å²) in [5, 5.41) is 1.01. The zero-order valence-electron chi connectivity index (χ0n) is 11.8. The van der Waals surface area contributed by atoms with E-state index in [-0.39, 0.29) is 6.04 Å². The number of aryl methyl sites for hydroxylation is 1. The summed E-state index contributed by atoms with van der Waals surface area (Å²) in [5.74, 6) is 1.25. The molecule has 1 aromatic carbocycles. The lowest BCUT2D eigenvalue weighted by atomic mass is 10.1. The number of aromatic nitrogens is 1. The van der Waals surface area contributed by atoms with Crippen LogP contribution in [0.2, 0.25) is 0 Å². The largest absolute Gasteiger partial charge is 0.497 e. The molecule has 19 heavy (non-hydrogen) atoms. The summed E-state index contributed by atoms with van der Waals surface area (Å²) in [6.45, 7) is 6.33. The number of ether oxygens (including phenoxy) is 1. The molecule has 2 N–H and O–H groups in total. The van der Waals surface area contributed by atoms with Crippen LogP contribution < -0.4 is 10.5 Å². The molecule has 2 rings (SSSR count). The van der Waals surface area contributed by atoms with Crippen molar-refractivity contribution in [3.8, 4) is 17.0 Å². The Morgan fingerprint density at radius 3 is 2.37 bits per heavy atom. The third kappa shape index (κ3) is 2.96. The van der Waals surface area contributed by atoms with Crippen molar-refractivity contribution in [1.82, 2.24) is 4.98 Å². The highest BCUT2D eigenvalue weighted by molar-refractivity contribution is 7.12. The van der Waals surface area contributed by atoms with Crippen LogP contribution in [0.4, 0.5) is 0 Å². The van der Waals surface area contributed by atoms with E-state index in [1.807, 2.05) is 24.3 Å². The molecular weight excluding hydrogens is 256 g/mol. The van der Waals surface area contributed by atoms with Crippen LogP contribution in [-0.4, -0.2) is 12.1 Å². The third-order valence-electron chi connectivity index (χ3n) is 3.18. The van der Waals surface area contributed by atoms with Gasteiger partial charge in [-0.15, -0.1) is 11.3 Å². The summed E-state index contributed by atoms with van der Waals surface area (Å²) in [7, 11) is 1.67. The normalized spacial score (nSPS) is 12.7. The molecule has 0 aliphatic carbocycles. The van der Waals surface area contributed by atoms with Gasteiger partial charge in [-0.05, 0) is 37.1 Å². The van der Waals surface area contributed by atoms with E-state index in [4.69, 9.17) is 15.5 Å². The van der Waals surface area contributed by atoms with Crippen LogP contribution in [0.15, 0.2) is 24.3 Å². The van der Waals surface area contributed by atoms with E-state index in [1.54, 1.807) is 18.4 Å². The molecule has 4 heteroatoms. The molecule has 0 spiro atoms. The van der Waals surface area contributed by atoms with Crippen molar-refractivity contribution in [2.24, 2.45) is 11.7 Å². The predicted molar refractivity (Wildman–Crippen MR) is 80.6 cm³/mol. The van der Waals surface area contributed by atoms with E-state index in [2.05, 4.69) is 20.8 Å². The van der Waals surface area contributed by atoms with Gasteiger partial charge in [0.1, 0.15) is 10.8 Å². The summed E-state index contributed by atoms with van der Waals surface area (Å²) in [4.78, 5) is 5.91. The second-order valence-corrected chi connectivity index (χ2v) is 6.19. The smallest absolute Gasteiger partial charge is 0.118 e. The number of hydrogen-bond donors (Lipinski definition) is 1. The van der Waals surface area contributed by atoms with E-state index >= 15 is 0 Å². The second-order valence-electron chi connectivity index (χ2n) is 4.96. The molecule has 0 saturated heterocycles. The van der Waals surface area contributed by atoms with Crippen molar-refractivity contribution in [2.75, 3.05) is 7.11 Å². The van der Waals surface area contributed by atoms with Gasteiger partial charge < -0.3 is 10.5 Å². The molecule has 0 aliphatic heterocycles. The average molecular weight is 276 g/mol. The first-order valence-corrected chi connectivity index (χ1v) is 7.22. The summed E-state index contributed by atoms with van der Waals surface area (Å²) < 4.78 is 5.17. The van der Waals surface area contributed by atoms with Crippen LogP contribution in [0.5, 0.6) is 5.75 Å². The highest BCUT2D eigenvalue weighted by Crippen LogP contribution is 2.32. The fourth-order valence-corrected chi connectivity index (χ4v) is 2.98. The van der Waals surface area contributed by atoms with Gasteiger partial charge in [-0.1, -0.05) is 13.8 Å². The molecule has 1 atom stereocenters. The van der Waals surface area contributed by atoms with E-state index in [0.717, 1.165) is 22.0 Å². The lowest BCUT2D eigenvalue weighted by Crippen LogP contribution is -2.16. The van der Waals surface area contributed by atoms with Crippen LogP contribution in [0.1, 0.15) is 29.8 Å². The first-order valence-electron chi connectivity index (χ1n) is 6.40. The van der Waals surface area contributed by atoms with Gasteiger partial charge in [-0.3, -0.25) is 0 Å². The molecule has 0 radical (unpaired) electrons. The van der Waals surface area contributed by atoms with Crippen molar-refractivity contribution in [2.45, 2.75) is 26.8 Å². The summed E-state index contributed by atoms with van der Waals surface area (Å²) in [6.07, 6.45) is 0. The molecular formula is C15H20N2OS. The molecule has 0 aliphatic rings. The topological polar surface area (TPSA) is 48.1 Å². The van der Waals surface area contributed by atoms with Gasteiger partial charge in [0.25, 0.3) is 0 Å². The van der Waals surface area contributed by atoms with Crippen molar-refractivity contribution < 1.29 is 4.74 Å². The Labute approximate surface area is 118 Å². The van der Waals surface area contributed by atoms with E-state index in [1.165, 1.54) is 4.88 Å². The second kappa shape index (κ2) is 5.72. The highest BCUT2D eigenvalue weighted by Gasteiger charge is 2.17. The molecule has 1 aromatic heterocycles. The first-order chi connectivity index (χ1) is 9.02. The first kappa shape index (κ1) is 14.0. The van der Waals surface area contributed by atoms with Gasteiger partial charge in [0.05, 0.1) is 18.8 Å². The fraction of sp³-hybridized carbons (Fsp3) is 0.400. The fourth-order valence-electron chi connectivity index (χ4n) is 1.86. The average Bonchev–Trinajstić information content (AvgIpc) is 2.80. The quantitative estimate of drug-likeness (QED) is 0.924. The molecule has 0 bridgehead atoms. The van der Waals surface area contributed by atoms with E-state index in [0.29, 0.717) is 5.92 Å². The maximum absolute atomic E-state index is 6.17. The number of thiazole rings is 1. The Morgan fingerprint density at radius 2 is 1.84 bits per heavy atom. The zero-order valence-corrected chi connectivity index (χ0v) is 12.6. The Morgan fingerprint density at radius 1 is 1.21 bits per heavy atom. The highest BCUT2D eigenvalue weighted by atomic mass is 32.1. The molecule has 1 heterocycles. The number of benzene rings is 1. The minimum absolute atomic E-state index is 0.00991. The van der Waals surface area contributed by atoms with Crippen molar-refractivity contribution in [3.63, 3.8) is 0 Å². The molecule has 0 fully saturated rings. The number of nitrogens with two attached hydrogens (primary N) is 1. The van der Waals surface area contributed by atoms with E-state index in [9.17, 15) is 0 Å². The Bertz CT molecular complexity index is 546. The van der Waals surface area contributed by atoms with Crippen LogP contribution >= 0.6 is 11.3 Å². The monoisotopic (exact) mass is 276 g/mol. The minimum atomic E-state index is 0.00991. The molecule has 3 nitrogen and oxygen atoms in total. The third-order valence-corrected chi connectivity index (χ3v) is 4.25. The van der Waals surface area contributed by atoms with Crippen molar-refractivity contribution in [3.05, 3.63) is 34.2 Å². The lowest BCUT2D eigenvalue weighted by Gasteiger charge is -2.11. The molecule has 1 unspecified atom stereocenters. The van der Waals surface area contributed by atoms with Crippen LogP contribution in [0.3, 0.4) is 0 Å². The zero-order chi connectivity index (χ0) is 14.0. The minimum Gasteiger partial charge on any atom is -0.497 e. The predicted octanol–water partition coefficient (Wildman–Crippen LogP) is 3.78. The summed E-state index contributed by atoms with van der Waals surface area (Å²) in [6, 6.07) is 7.99. The Hall–Kier alpha value is -1.39. The van der Waals surface area contributed by atoms with Gasteiger partial charge in [0, 0.05) is 10.4 Å². The summed E-state index contributed by atoms with van der Waals surface area (Å²) >= 11 is 1.69. The van der Waals surface area contributed by atoms with Gasteiger partial charge in [0.2, 0.25) is 0 Å². The summed E-state index contributed by atoms with van der Waals surface area (Å²) in [5.41, 5.74) is 8.31. The number of rotatable bonds is 4. The number of methoxy groups -OCH3 is 1. The molecule has 2 aromatic rings. The van der Waals surface area contributed by atoms with Crippen LogP contribution in [-0.2, 0) is 0 Å². The number of nitrogens with zero attached hydrogens (tertiary/aromatic N) is 1. The van der Waals surface area contributed by atoms with Crippen LogP contribution in [0.25, 0.3) is 11.3 Å². The lowest BCUT2D eigenvalue weighted by molar-refractivity contribution is 0.415. The standard InChI is InChI=1S/C15H20N2OS/c1-9(2)13(16)15-17-14(10(3)19-15)11-5-7-12(18-4)8-6-11/h5-9,13H,16H2,1-4H3. The van der Waals surface area contributed by atoms with Gasteiger partial charge in [-0.2, -0.15) is 0 Å². The van der Waals surface area contributed by atoms with Crippen LogP contribution in [0, 0.1) is 12.8 Å². The Kier molecular flexibility index (Phi) is 4.22. The van der Waals surface area contributed by atoms with Gasteiger partial charge >= 0.3 is 0 Å². The van der Waals surface area contributed by atoms with Crippen molar-refractivity contribution >= 4 is 11.3 Å². The van der Waals surface area contributed by atoms with Gasteiger partial charge in [-0.25, -0.2) is 4.98 Å². The molecule has 102 valence electrons. The number of hydrogen-bond acceptors (Lipinski definition) is 4. The maximum atomic E-state index is 6.17. The van der Waals surface area contributed by atoms with E-state index < -0.39 is 0 Å². The molecule has 0 amide bonds. The SMILES string of the molecule is COc1ccc(-c2nc(C(N)C(C)C)sc2C)cc1.